The topological polar surface area (TPSA) is 38.8 Å². The van der Waals surface area contributed by atoms with Gasteiger partial charge in [-0.15, -0.1) is 0 Å². The highest BCUT2D eigenvalue weighted by Crippen LogP contribution is 2.52. The van der Waals surface area contributed by atoms with E-state index in [1.165, 1.54) is 7.11 Å². The first kappa shape index (κ1) is 13.1. The Balaban J connectivity index is 4.53. The molecule has 0 aromatic carbocycles. The maximum absolute atomic E-state index is 12.0. The summed E-state index contributed by atoms with van der Waals surface area (Å²) in [6, 6.07) is 0.129. The van der Waals surface area contributed by atoms with E-state index in [1.54, 1.807) is 11.7 Å². The molecule has 0 aliphatic carbocycles. The Labute approximate surface area is 80.8 Å². The quantitative estimate of drug-likeness (QED) is 0.652. The summed E-state index contributed by atoms with van der Waals surface area (Å²) in [4.78, 5) is 0. The minimum absolute atomic E-state index is 0.105. The number of nitrogens with zero attached hydrogens (tertiary/aromatic N) is 1. The molecule has 13 heavy (non-hydrogen) atoms. The molecular weight excluding hydrogens is 189 g/mol. The summed E-state index contributed by atoms with van der Waals surface area (Å²) in [5, 5.41) is 0. The van der Waals surface area contributed by atoms with Crippen molar-refractivity contribution in [1.29, 1.82) is 0 Å². The Morgan fingerprint density at radius 3 is 1.92 bits per heavy atom. The van der Waals surface area contributed by atoms with Crippen LogP contribution in [-0.4, -0.2) is 31.0 Å². The van der Waals surface area contributed by atoms with Gasteiger partial charge in [0.05, 0.1) is 6.10 Å². The number of hydrogen-bond acceptors (Lipinski definition) is 3. The fraction of sp³-hybridized carbons (Fsp3) is 1.00. The Morgan fingerprint density at radius 2 is 1.69 bits per heavy atom. The molecule has 0 rings (SSSR count). The maximum Gasteiger partial charge on any atom is 0.408 e. The molecule has 0 N–H and O–H groups in total. The van der Waals surface area contributed by atoms with Crippen LogP contribution in [0, 0.1) is 0 Å². The van der Waals surface area contributed by atoms with Gasteiger partial charge in [-0.2, -0.15) is 0 Å². The predicted octanol–water partition coefficient (Wildman–Crippen LogP) is 2.51. The molecule has 0 spiro atoms. The molecule has 5 heteroatoms. The smallest absolute Gasteiger partial charge is 0.300 e. The largest absolute Gasteiger partial charge is 0.408 e. The highest BCUT2D eigenvalue weighted by atomic mass is 31.2. The molecule has 0 fully saturated rings. The van der Waals surface area contributed by atoms with Crippen molar-refractivity contribution in [3.8, 4) is 0 Å². The molecule has 0 aromatic rings. The van der Waals surface area contributed by atoms with Crippen LogP contribution in [0.4, 0.5) is 0 Å². The highest BCUT2D eigenvalue weighted by molar-refractivity contribution is 7.51. The summed E-state index contributed by atoms with van der Waals surface area (Å²) in [5.74, 6) is 0. The molecule has 1 atom stereocenters. The van der Waals surface area contributed by atoms with Gasteiger partial charge in [-0.1, -0.05) is 0 Å². The van der Waals surface area contributed by atoms with Gasteiger partial charge in [0.2, 0.25) is 0 Å². The molecule has 80 valence electrons. The van der Waals surface area contributed by atoms with E-state index in [1.807, 2.05) is 27.7 Å². The van der Waals surface area contributed by atoms with Crippen LogP contribution >= 0.6 is 7.75 Å². The van der Waals surface area contributed by atoms with Gasteiger partial charge in [0.1, 0.15) is 0 Å². The Hall–Kier alpha value is 0.110. The van der Waals surface area contributed by atoms with Gasteiger partial charge in [-0.3, -0.25) is 9.05 Å². The zero-order valence-electron chi connectivity index (χ0n) is 9.27. The lowest BCUT2D eigenvalue weighted by molar-refractivity contribution is 0.144. The van der Waals surface area contributed by atoms with Crippen molar-refractivity contribution in [2.75, 3.05) is 14.2 Å². The average Bonchev–Trinajstić information content (AvgIpc) is 2.01. The lowest BCUT2D eigenvalue weighted by Crippen LogP contribution is -2.26. The SMILES string of the molecule is COP(=O)(OC(C)C)N(C)C(C)C. The van der Waals surface area contributed by atoms with E-state index in [4.69, 9.17) is 9.05 Å². The lowest BCUT2D eigenvalue weighted by atomic mass is 10.4. The van der Waals surface area contributed by atoms with Crippen molar-refractivity contribution in [1.82, 2.24) is 4.67 Å². The van der Waals surface area contributed by atoms with Gasteiger partial charge in [0.15, 0.2) is 0 Å². The van der Waals surface area contributed by atoms with E-state index in [9.17, 15) is 4.57 Å². The average molecular weight is 209 g/mol. The molecule has 1 unspecified atom stereocenters. The van der Waals surface area contributed by atoms with E-state index in [0.29, 0.717) is 0 Å². The standard InChI is InChI=1S/C8H20NO3P/c1-7(2)9(5)13(10,11-6)12-8(3)4/h7-8H,1-6H3. The normalized spacial score (nSPS) is 17.0. The fourth-order valence-electron chi connectivity index (χ4n) is 0.795. The van der Waals surface area contributed by atoms with Crippen molar-refractivity contribution in [3.05, 3.63) is 0 Å². The third-order valence-corrected chi connectivity index (χ3v) is 4.09. The molecule has 0 heterocycles. The van der Waals surface area contributed by atoms with E-state index in [-0.39, 0.29) is 12.1 Å². The Kier molecular flexibility index (Phi) is 5.15. The molecule has 0 saturated heterocycles. The molecule has 0 radical (unpaired) electrons. The molecule has 0 bridgehead atoms. The van der Waals surface area contributed by atoms with Crippen LogP contribution in [-0.2, 0) is 13.6 Å². The zero-order valence-corrected chi connectivity index (χ0v) is 10.2. The summed E-state index contributed by atoms with van der Waals surface area (Å²) in [7, 11) is 0.0680. The molecule has 0 amide bonds. The Bertz CT molecular complexity index is 194. The summed E-state index contributed by atoms with van der Waals surface area (Å²) in [5.41, 5.74) is 0. The van der Waals surface area contributed by atoms with Crippen LogP contribution in [0.25, 0.3) is 0 Å². The highest BCUT2D eigenvalue weighted by Gasteiger charge is 2.32. The van der Waals surface area contributed by atoms with Gasteiger partial charge >= 0.3 is 7.75 Å². The zero-order chi connectivity index (χ0) is 10.6. The van der Waals surface area contributed by atoms with E-state index in [2.05, 4.69) is 0 Å². The maximum atomic E-state index is 12.0. The molecule has 0 aliphatic heterocycles. The second-order valence-electron chi connectivity index (χ2n) is 3.47. The van der Waals surface area contributed by atoms with Crippen LogP contribution in [0.15, 0.2) is 0 Å². The van der Waals surface area contributed by atoms with E-state index >= 15 is 0 Å². The van der Waals surface area contributed by atoms with Crippen LogP contribution in [0.5, 0.6) is 0 Å². The Morgan fingerprint density at radius 1 is 1.23 bits per heavy atom. The second-order valence-corrected chi connectivity index (χ2v) is 5.62. The van der Waals surface area contributed by atoms with E-state index in [0.717, 1.165) is 0 Å². The first-order valence-corrected chi connectivity index (χ1v) is 5.90. The summed E-state index contributed by atoms with van der Waals surface area (Å²) in [6.45, 7) is 7.55. The van der Waals surface area contributed by atoms with Gasteiger partial charge in [0.25, 0.3) is 0 Å². The molecule has 4 nitrogen and oxygen atoms in total. The van der Waals surface area contributed by atoms with Gasteiger partial charge in [-0.25, -0.2) is 9.24 Å². The van der Waals surface area contributed by atoms with Gasteiger partial charge in [-0.05, 0) is 34.7 Å². The van der Waals surface area contributed by atoms with Crippen LogP contribution < -0.4 is 0 Å². The first-order chi connectivity index (χ1) is 5.83. The van der Waals surface area contributed by atoms with Crippen molar-refractivity contribution >= 4 is 7.75 Å². The third-order valence-electron chi connectivity index (χ3n) is 1.71. The van der Waals surface area contributed by atoms with Crippen molar-refractivity contribution in [2.24, 2.45) is 0 Å². The summed E-state index contributed by atoms with van der Waals surface area (Å²) >= 11 is 0. The first-order valence-electron chi connectivity index (χ1n) is 4.41. The number of rotatable bonds is 5. The van der Waals surface area contributed by atoms with Crippen LogP contribution in [0.2, 0.25) is 0 Å². The van der Waals surface area contributed by atoms with E-state index < -0.39 is 7.75 Å². The van der Waals surface area contributed by atoms with Gasteiger partial charge in [0, 0.05) is 13.2 Å². The summed E-state index contributed by atoms with van der Waals surface area (Å²) in [6.07, 6.45) is -0.105. The van der Waals surface area contributed by atoms with Crippen molar-refractivity contribution < 1.29 is 13.6 Å². The van der Waals surface area contributed by atoms with Crippen molar-refractivity contribution in [3.63, 3.8) is 0 Å². The fourth-order valence-corrected chi connectivity index (χ4v) is 2.39. The predicted molar refractivity (Wildman–Crippen MR) is 53.7 cm³/mol. The van der Waals surface area contributed by atoms with Gasteiger partial charge < -0.3 is 0 Å². The molecule has 0 aromatic heterocycles. The lowest BCUT2D eigenvalue weighted by Gasteiger charge is -2.29. The molecular formula is C8H20NO3P. The second kappa shape index (κ2) is 5.11. The minimum Gasteiger partial charge on any atom is -0.300 e. The number of hydrogen-bond donors (Lipinski definition) is 0. The monoisotopic (exact) mass is 209 g/mol. The minimum atomic E-state index is -3.07. The summed E-state index contributed by atoms with van der Waals surface area (Å²) < 4.78 is 23.8. The van der Waals surface area contributed by atoms with Crippen LogP contribution in [0.1, 0.15) is 27.7 Å². The molecule has 0 aliphatic rings. The third kappa shape index (κ3) is 3.77. The van der Waals surface area contributed by atoms with Crippen LogP contribution in [0.3, 0.4) is 0 Å². The molecule has 0 saturated carbocycles. The van der Waals surface area contributed by atoms with Crippen molar-refractivity contribution in [2.45, 2.75) is 39.8 Å².